The van der Waals surface area contributed by atoms with Gasteiger partial charge in [-0.3, -0.25) is 9.69 Å². The number of rotatable bonds is 8. The number of benzene rings is 2. The molecule has 8 heteroatoms. The molecule has 0 radical (unpaired) electrons. The van der Waals surface area contributed by atoms with Gasteiger partial charge in [-0.1, -0.05) is 29.4 Å². The van der Waals surface area contributed by atoms with E-state index < -0.39 is 0 Å². The quantitative estimate of drug-likeness (QED) is 0.521. The van der Waals surface area contributed by atoms with Gasteiger partial charge in [-0.25, -0.2) is 0 Å². The number of piperazine rings is 1. The van der Waals surface area contributed by atoms with Gasteiger partial charge >= 0.3 is 0 Å². The van der Waals surface area contributed by atoms with Crippen molar-refractivity contribution in [3.63, 3.8) is 0 Å². The number of hydrogen-bond donors (Lipinski definition) is 0. The van der Waals surface area contributed by atoms with E-state index in [1.165, 1.54) is 0 Å². The van der Waals surface area contributed by atoms with Crippen molar-refractivity contribution >= 4 is 5.91 Å². The molecule has 0 aliphatic carbocycles. The minimum atomic E-state index is 0.152. The summed E-state index contributed by atoms with van der Waals surface area (Å²) in [7, 11) is 3.27. The van der Waals surface area contributed by atoms with Crippen LogP contribution in [-0.2, 0) is 17.8 Å². The second kappa shape index (κ2) is 10.5. The summed E-state index contributed by atoms with van der Waals surface area (Å²) in [6.07, 6.45) is 1.05. The first-order valence-electron chi connectivity index (χ1n) is 11.2. The van der Waals surface area contributed by atoms with Crippen LogP contribution >= 0.6 is 0 Å². The van der Waals surface area contributed by atoms with Crippen LogP contribution in [-0.4, -0.2) is 66.2 Å². The summed E-state index contributed by atoms with van der Waals surface area (Å²) >= 11 is 0. The third-order valence-electron chi connectivity index (χ3n) is 6.03. The van der Waals surface area contributed by atoms with E-state index in [-0.39, 0.29) is 5.91 Å². The predicted octanol–water partition coefficient (Wildman–Crippen LogP) is 3.34. The summed E-state index contributed by atoms with van der Waals surface area (Å²) < 4.78 is 16.2. The molecule has 33 heavy (non-hydrogen) atoms. The number of methoxy groups -OCH3 is 2. The summed E-state index contributed by atoms with van der Waals surface area (Å²) in [5.74, 6) is 2.90. The average Bonchev–Trinajstić information content (AvgIpc) is 3.31. The van der Waals surface area contributed by atoms with E-state index in [1.807, 2.05) is 54.3 Å². The van der Waals surface area contributed by atoms with E-state index in [0.717, 1.165) is 41.3 Å². The number of aromatic nitrogens is 2. The third-order valence-corrected chi connectivity index (χ3v) is 6.03. The highest BCUT2D eigenvalue weighted by molar-refractivity contribution is 5.76. The van der Waals surface area contributed by atoms with Gasteiger partial charge in [0.25, 0.3) is 0 Å². The van der Waals surface area contributed by atoms with Gasteiger partial charge in [0, 0.05) is 38.2 Å². The van der Waals surface area contributed by atoms with Gasteiger partial charge in [0.05, 0.1) is 20.8 Å². The topological polar surface area (TPSA) is 80.9 Å². The maximum absolute atomic E-state index is 12.8. The second-order valence-electron chi connectivity index (χ2n) is 8.16. The highest BCUT2D eigenvalue weighted by atomic mass is 16.5. The molecule has 0 saturated carbocycles. The van der Waals surface area contributed by atoms with E-state index in [2.05, 4.69) is 15.0 Å². The summed E-state index contributed by atoms with van der Waals surface area (Å²) in [6, 6.07) is 13.7. The number of amides is 1. The van der Waals surface area contributed by atoms with Crippen LogP contribution in [0.2, 0.25) is 0 Å². The standard InChI is InChI=1S/C25H30N4O4/c1-18-6-4-5-7-21(18)25-26-23(33-27-25)17-28-12-14-29(15-13-28)24(30)11-8-19-16-20(31-2)9-10-22(19)32-3/h4-7,9-10,16H,8,11-15,17H2,1-3H3. The van der Waals surface area contributed by atoms with Gasteiger partial charge in [-0.15, -0.1) is 0 Å². The molecule has 3 aromatic rings. The number of carbonyl (C=O) groups is 1. The number of ether oxygens (including phenoxy) is 2. The molecule has 0 bridgehead atoms. The normalized spacial score (nSPS) is 14.3. The molecule has 1 aliphatic rings. The molecular weight excluding hydrogens is 420 g/mol. The number of nitrogens with zero attached hydrogens (tertiary/aromatic N) is 4. The maximum Gasteiger partial charge on any atom is 0.241 e. The molecule has 1 amide bonds. The zero-order valence-electron chi connectivity index (χ0n) is 19.4. The molecule has 1 aromatic heterocycles. The van der Waals surface area contributed by atoms with E-state index in [0.29, 0.717) is 44.2 Å². The van der Waals surface area contributed by atoms with Crippen molar-refractivity contribution in [1.82, 2.24) is 19.9 Å². The van der Waals surface area contributed by atoms with Crippen LogP contribution in [0.15, 0.2) is 47.0 Å². The van der Waals surface area contributed by atoms with Crippen molar-refractivity contribution in [1.29, 1.82) is 0 Å². The zero-order valence-corrected chi connectivity index (χ0v) is 19.4. The lowest BCUT2D eigenvalue weighted by Gasteiger charge is -2.34. The van der Waals surface area contributed by atoms with Gasteiger partial charge in [-0.2, -0.15) is 4.98 Å². The fraction of sp³-hybridized carbons (Fsp3) is 0.400. The van der Waals surface area contributed by atoms with Crippen molar-refractivity contribution in [3.8, 4) is 22.9 Å². The summed E-state index contributed by atoms with van der Waals surface area (Å²) in [6.45, 7) is 5.54. The SMILES string of the molecule is COc1ccc(OC)c(CCC(=O)N2CCN(Cc3nc(-c4ccccc4C)no3)CC2)c1. The van der Waals surface area contributed by atoms with E-state index in [9.17, 15) is 4.79 Å². The molecule has 174 valence electrons. The van der Waals surface area contributed by atoms with Crippen LogP contribution in [0.1, 0.15) is 23.4 Å². The molecule has 4 rings (SSSR count). The van der Waals surface area contributed by atoms with Crippen molar-refractivity contribution in [3.05, 3.63) is 59.5 Å². The molecule has 1 saturated heterocycles. The predicted molar refractivity (Wildman–Crippen MR) is 124 cm³/mol. The third kappa shape index (κ3) is 5.51. The first kappa shape index (κ1) is 22.8. The smallest absolute Gasteiger partial charge is 0.241 e. The van der Waals surface area contributed by atoms with E-state index in [1.54, 1.807) is 14.2 Å². The first-order valence-corrected chi connectivity index (χ1v) is 11.2. The fourth-order valence-corrected chi connectivity index (χ4v) is 4.08. The highest BCUT2D eigenvalue weighted by Gasteiger charge is 2.23. The molecule has 0 atom stereocenters. The highest BCUT2D eigenvalue weighted by Crippen LogP contribution is 2.25. The van der Waals surface area contributed by atoms with E-state index in [4.69, 9.17) is 14.0 Å². The van der Waals surface area contributed by atoms with Gasteiger partial charge in [0.1, 0.15) is 11.5 Å². The summed E-state index contributed by atoms with van der Waals surface area (Å²) in [5, 5.41) is 4.14. The minimum absolute atomic E-state index is 0.152. The molecule has 1 fully saturated rings. The second-order valence-corrected chi connectivity index (χ2v) is 8.16. The van der Waals surface area contributed by atoms with Crippen LogP contribution in [0.25, 0.3) is 11.4 Å². The fourth-order valence-electron chi connectivity index (χ4n) is 4.08. The Hall–Kier alpha value is -3.39. The molecule has 0 spiro atoms. The van der Waals surface area contributed by atoms with Crippen LogP contribution in [0.5, 0.6) is 11.5 Å². The Morgan fingerprint density at radius 3 is 2.58 bits per heavy atom. The van der Waals surface area contributed by atoms with Crippen LogP contribution in [0.3, 0.4) is 0 Å². The molecule has 2 aromatic carbocycles. The zero-order chi connectivity index (χ0) is 23.2. The minimum Gasteiger partial charge on any atom is -0.497 e. The van der Waals surface area contributed by atoms with Crippen molar-refractivity contribution in [2.24, 2.45) is 0 Å². The number of carbonyl (C=O) groups excluding carboxylic acids is 1. The Morgan fingerprint density at radius 2 is 1.85 bits per heavy atom. The van der Waals surface area contributed by atoms with Crippen molar-refractivity contribution in [2.45, 2.75) is 26.3 Å². The number of hydrogen-bond acceptors (Lipinski definition) is 7. The monoisotopic (exact) mass is 450 g/mol. The van der Waals surface area contributed by atoms with Crippen LogP contribution in [0, 0.1) is 6.92 Å². The Labute approximate surface area is 194 Å². The Kier molecular flexibility index (Phi) is 7.24. The Morgan fingerprint density at radius 1 is 1.06 bits per heavy atom. The average molecular weight is 451 g/mol. The first-order chi connectivity index (χ1) is 16.1. The van der Waals surface area contributed by atoms with Crippen molar-refractivity contribution < 1.29 is 18.8 Å². The van der Waals surface area contributed by atoms with Gasteiger partial charge in [0.15, 0.2) is 0 Å². The van der Waals surface area contributed by atoms with Crippen LogP contribution in [0.4, 0.5) is 0 Å². The maximum atomic E-state index is 12.8. The lowest BCUT2D eigenvalue weighted by atomic mass is 10.1. The largest absolute Gasteiger partial charge is 0.497 e. The van der Waals surface area contributed by atoms with Crippen LogP contribution < -0.4 is 9.47 Å². The lowest BCUT2D eigenvalue weighted by molar-refractivity contribution is -0.133. The van der Waals surface area contributed by atoms with Gasteiger partial charge in [0.2, 0.25) is 17.6 Å². The summed E-state index contributed by atoms with van der Waals surface area (Å²) in [5.41, 5.74) is 3.07. The lowest BCUT2D eigenvalue weighted by Crippen LogP contribution is -2.48. The Bertz CT molecular complexity index is 1090. The molecular formula is C25H30N4O4. The Balaban J connectivity index is 1.27. The molecule has 2 heterocycles. The van der Waals surface area contributed by atoms with Crippen molar-refractivity contribution in [2.75, 3.05) is 40.4 Å². The van der Waals surface area contributed by atoms with Gasteiger partial charge < -0.3 is 18.9 Å². The molecule has 0 N–H and O–H groups in total. The molecule has 8 nitrogen and oxygen atoms in total. The molecule has 0 unspecified atom stereocenters. The summed E-state index contributed by atoms with van der Waals surface area (Å²) in [4.78, 5) is 21.5. The van der Waals surface area contributed by atoms with Gasteiger partial charge in [-0.05, 0) is 42.7 Å². The number of aryl methyl sites for hydroxylation is 2. The van der Waals surface area contributed by atoms with E-state index >= 15 is 0 Å². The molecule has 1 aliphatic heterocycles.